The average Bonchev–Trinajstić information content (AvgIpc) is 3.28. The number of alkyl halides is 3. The maximum Gasteiger partial charge on any atom is 0.446 e. The molecule has 182 valence electrons. The minimum absolute atomic E-state index is 0.260. The largest absolute Gasteiger partial charge is 0.506 e. The molecule has 2 aromatic carbocycles. The number of phenols is 1. The molecule has 2 aliphatic heterocycles. The lowest BCUT2D eigenvalue weighted by atomic mass is 9.53. The molecule has 1 saturated heterocycles. The van der Waals surface area contributed by atoms with Crippen molar-refractivity contribution in [2.75, 3.05) is 18.7 Å². The zero-order chi connectivity index (χ0) is 23.9. The molecule has 2 fully saturated rings. The summed E-state index contributed by atoms with van der Waals surface area (Å²) in [6.07, 6.45) is 1.77. The number of anilines is 2. The molecule has 2 heterocycles. The van der Waals surface area contributed by atoms with Crippen LogP contribution in [0.15, 0.2) is 30.3 Å². The molecule has 34 heavy (non-hydrogen) atoms. The van der Waals surface area contributed by atoms with Crippen LogP contribution in [0.5, 0.6) is 17.2 Å². The van der Waals surface area contributed by atoms with Gasteiger partial charge in [0.2, 0.25) is 13.1 Å². The molecular weight excluding hydrogens is 449 g/mol. The Balaban J connectivity index is 0.000000360. The normalized spacial score (nSPS) is 26.4. The lowest BCUT2D eigenvalue weighted by Gasteiger charge is -2.56. The van der Waals surface area contributed by atoms with Gasteiger partial charge in [-0.3, -0.25) is 4.79 Å². The summed E-state index contributed by atoms with van der Waals surface area (Å²) in [6.45, 7) is 1.36. The number of phenolic OH excluding ortho intramolecular Hbond substituents is 1. The van der Waals surface area contributed by atoms with Gasteiger partial charge < -0.3 is 25.2 Å². The molecule has 0 radical (unpaired) electrons. The number of piperidine rings is 1. The highest BCUT2D eigenvalue weighted by Crippen LogP contribution is 2.55. The quantitative estimate of drug-likeness (QED) is 0.420. The maximum atomic E-state index is 10.9. The molecule has 3 N–H and O–H groups in total. The molecule has 0 amide bonds. The van der Waals surface area contributed by atoms with Crippen LogP contribution in [0.3, 0.4) is 0 Å². The van der Waals surface area contributed by atoms with E-state index >= 15 is 0 Å². The number of aromatic hydroxyl groups is 1. The van der Waals surface area contributed by atoms with E-state index in [1.165, 1.54) is 43.2 Å². The zero-order valence-corrected chi connectivity index (χ0v) is 18.6. The fraction of sp³-hybridized carbons (Fsp3) is 0.480. The second-order valence-electron chi connectivity index (χ2n) is 9.40. The Morgan fingerprint density at radius 2 is 1.91 bits per heavy atom. The minimum atomic E-state index is -4.64. The van der Waals surface area contributed by atoms with Crippen LogP contribution in [-0.2, 0) is 16.6 Å². The molecule has 3 atom stereocenters. The third-order valence-corrected chi connectivity index (χ3v) is 7.54. The van der Waals surface area contributed by atoms with Crippen molar-refractivity contribution in [3.63, 3.8) is 0 Å². The monoisotopic (exact) mass is 476 g/mol. The first-order valence-corrected chi connectivity index (χ1v) is 11.6. The lowest BCUT2D eigenvalue weighted by molar-refractivity contribution is -0.156. The van der Waals surface area contributed by atoms with Gasteiger partial charge >= 0.3 is 6.18 Å². The van der Waals surface area contributed by atoms with Crippen LogP contribution in [-0.4, -0.2) is 36.9 Å². The standard InChI is InChI=1S/C23H26N2O3.C2HF3O/c26-20-12-17-14(9-18-16-3-1-2-6-23(16,17)7-8-24-18)10-19(20)25-15-4-5-21-22(11-15)28-13-27-21;3-2(4,5)1-6/h4-5,10-12,16,18,24-26H,1-3,6-9,13H2;1H/t16-,18+,23+;/m1./s1. The maximum absolute atomic E-state index is 10.9. The van der Waals surface area contributed by atoms with Crippen molar-refractivity contribution in [1.29, 1.82) is 0 Å². The van der Waals surface area contributed by atoms with E-state index in [1.54, 1.807) is 0 Å². The highest BCUT2D eigenvalue weighted by Gasteiger charge is 2.51. The number of halogens is 3. The van der Waals surface area contributed by atoms with Crippen LogP contribution in [0.2, 0.25) is 0 Å². The fourth-order valence-corrected chi connectivity index (χ4v) is 6.20. The molecule has 6 rings (SSSR count). The van der Waals surface area contributed by atoms with E-state index in [0.29, 0.717) is 11.8 Å². The highest BCUT2D eigenvalue weighted by atomic mass is 19.4. The summed E-state index contributed by atoms with van der Waals surface area (Å²) in [5.74, 6) is 2.56. The van der Waals surface area contributed by atoms with E-state index in [9.17, 15) is 18.3 Å². The number of nitrogens with one attached hydrogen (secondary N) is 2. The van der Waals surface area contributed by atoms with Crippen molar-refractivity contribution in [2.45, 2.75) is 56.2 Å². The average molecular weight is 476 g/mol. The number of ether oxygens (including phenoxy) is 2. The molecule has 2 bridgehead atoms. The Morgan fingerprint density at radius 1 is 1.12 bits per heavy atom. The number of hydrogen-bond acceptors (Lipinski definition) is 6. The van der Waals surface area contributed by atoms with Gasteiger partial charge in [0.15, 0.2) is 11.5 Å². The number of benzene rings is 2. The number of rotatable bonds is 2. The topological polar surface area (TPSA) is 79.8 Å². The first-order valence-electron chi connectivity index (χ1n) is 11.6. The molecule has 2 aromatic rings. The van der Waals surface area contributed by atoms with Gasteiger partial charge in [-0.05, 0) is 73.5 Å². The Morgan fingerprint density at radius 3 is 2.71 bits per heavy atom. The summed E-state index contributed by atoms with van der Waals surface area (Å²) in [5, 5.41) is 18.0. The second kappa shape index (κ2) is 8.69. The Hall–Kier alpha value is -2.94. The van der Waals surface area contributed by atoms with E-state index in [-0.39, 0.29) is 12.2 Å². The van der Waals surface area contributed by atoms with Gasteiger partial charge in [-0.25, -0.2) is 0 Å². The van der Waals surface area contributed by atoms with Gasteiger partial charge in [0.1, 0.15) is 5.75 Å². The molecular formula is C25H27F3N2O4. The first kappa shape index (κ1) is 22.8. The summed E-state index contributed by atoms with van der Waals surface area (Å²) < 4.78 is 42.1. The summed E-state index contributed by atoms with van der Waals surface area (Å²) in [4.78, 5) is 8.70. The number of fused-ring (bicyclic) bond motifs is 2. The van der Waals surface area contributed by atoms with Gasteiger partial charge in [0.25, 0.3) is 0 Å². The Kier molecular flexibility index (Phi) is 5.83. The zero-order valence-electron chi connectivity index (χ0n) is 18.6. The summed E-state index contributed by atoms with van der Waals surface area (Å²) >= 11 is 0. The molecule has 0 spiro atoms. The predicted molar refractivity (Wildman–Crippen MR) is 120 cm³/mol. The van der Waals surface area contributed by atoms with E-state index in [1.807, 2.05) is 18.2 Å². The summed E-state index contributed by atoms with van der Waals surface area (Å²) in [6, 6.07) is 10.6. The minimum Gasteiger partial charge on any atom is -0.506 e. The van der Waals surface area contributed by atoms with Crippen molar-refractivity contribution >= 4 is 17.7 Å². The van der Waals surface area contributed by atoms with Crippen LogP contribution in [0.1, 0.15) is 43.2 Å². The van der Waals surface area contributed by atoms with Crippen LogP contribution < -0.4 is 20.1 Å². The molecule has 9 heteroatoms. The van der Waals surface area contributed by atoms with Crippen LogP contribution >= 0.6 is 0 Å². The SMILES string of the molecule is O=CC(F)(F)F.Oc1cc2c(cc1Nc1ccc3c(c1)OCO3)C[C@@H]1NCC[C@]23CCCC[C@H]13. The molecule has 0 unspecified atom stereocenters. The van der Waals surface area contributed by atoms with Gasteiger partial charge in [-0.1, -0.05) is 12.8 Å². The Bertz CT molecular complexity index is 1090. The van der Waals surface area contributed by atoms with E-state index in [4.69, 9.17) is 14.3 Å². The van der Waals surface area contributed by atoms with Crippen LogP contribution in [0.4, 0.5) is 24.5 Å². The molecule has 2 aliphatic carbocycles. The van der Waals surface area contributed by atoms with Gasteiger partial charge in [0, 0.05) is 23.2 Å². The number of aldehydes is 1. The molecule has 0 aromatic heterocycles. The van der Waals surface area contributed by atoms with E-state index in [0.717, 1.165) is 41.8 Å². The van der Waals surface area contributed by atoms with Crippen molar-refractivity contribution in [1.82, 2.24) is 5.32 Å². The van der Waals surface area contributed by atoms with E-state index < -0.39 is 12.5 Å². The number of carbonyl (C=O) groups is 1. The fourth-order valence-electron chi connectivity index (χ4n) is 6.20. The molecule has 1 saturated carbocycles. The van der Waals surface area contributed by atoms with Crippen molar-refractivity contribution < 1.29 is 32.5 Å². The summed E-state index contributed by atoms with van der Waals surface area (Å²) in [7, 11) is 0. The third kappa shape index (κ3) is 4.17. The van der Waals surface area contributed by atoms with Crippen LogP contribution in [0.25, 0.3) is 0 Å². The molecule has 6 nitrogen and oxygen atoms in total. The highest BCUT2D eigenvalue weighted by molar-refractivity contribution is 5.70. The van der Waals surface area contributed by atoms with Gasteiger partial charge in [-0.2, -0.15) is 13.2 Å². The first-order chi connectivity index (χ1) is 16.3. The number of carbonyl (C=O) groups excluding carboxylic acids is 1. The number of hydrogen-bond donors (Lipinski definition) is 3. The Labute approximate surface area is 195 Å². The van der Waals surface area contributed by atoms with Crippen molar-refractivity contribution in [3.8, 4) is 17.2 Å². The van der Waals surface area contributed by atoms with Crippen LogP contribution in [0, 0.1) is 5.92 Å². The second-order valence-corrected chi connectivity index (χ2v) is 9.40. The van der Waals surface area contributed by atoms with E-state index in [2.05, 4.69) is 22.8 Å². The predicted octanol–water partition coefficient (Wildman–Crippen LogP) is 4.96. The third-order valence-electron chi connectivity index (χ3n) is 7.54. The van der Waals surface area contributed by atoms with Crippen molar-refractivity contribution in [2.24, 2.45) is 5.92 Å². The van der Waals surface area contributed by atoms with Gasteiger partial charge in [-0.15, -0.1) is 0 Å². The van der Waals surface area contributed by atoms with Crippen molar-refractivity contribution in [3.05, 3.63) is 41.5 Å². The summed E-state index contributed by atoms with van der Waals surface area (Å²) in [5.41, 5.74) is 4.71. The molecule has 4 aliphatic rings. The smallest absolute Gasteiger partial charge is 0.446 e. The lowest BCUT2D eigenvalue weighted by Crippen LogP contribution is -2.59. The van der Waals surface area contributed by atoms with Gasteiger partial charge in [0.05, 0.1) is 5.69 Å².